The monoisotopic (exact) mass is 432 g/mol. The molecule has 8 nitrogen and oxygen atoms in total. The lowest BCUT2D eigenvalue weighted by molar-refractivity contribution is 0.181. The highest BCUT2D eigenvalue weighted by molar-refractivity contribution is 6.31. The molecule has 154 valence electrons. The summed E-state index contributed by atoms with van der Waals surface area (Å²) in [6, 6.07) is 17.1. The van der Waals surface area contributed by atoms with Gasteiger partial charge in [0.2, 0.25) is 0 Å². The first-order valence-electron chi connectivity index (χ1n) is 9.58. The maximum Gasteiger partial charge on any atom is 0.283 e. The van der Waals surface area contributed by atoms with Crippen molar-refractivity contribution in [3.63, 3.8) is 0 Å². The number of hydrogen-bond acceptors (Lipinski definition) is 6. The first-order chi connectivity index (χ1) is 15.2. The van der Waals surface area contributed by atoms with Gasteiger partial charge in [-0.1, -0.05) is 60.1 Å². The average molecular weight is 433 g/mol. The van der Waals surface area contributed by atoms with Crippen LogP contribution in [0.15, 0.2) is 65.7 Å². The van der Waals surface area contributed by atoms with Crippen LogP contribution >= 0.6 is 11.6 Å². The third-order valence-corrected chi connectivity index (χ3v) is 5.38. The summed E-state index contributed by atoms with van der Waals surface area (Å²) in [4.78, 5) is 17.6. The fourth-order valence-corrected chi connectivity index (χ4v) is 3.76. The standard InChI is InChI=1S/C22H17ClN6O2/c1-31-12-17-18(14-7-3-2-4-8-14)20-26-25-19-21(29(20)27-17)24-13-28(22(19)30)11-15-9-5-6-10-16(15)23/h2-10,13H,11-12H2,1H3. The van der Waals surface area contributed by atoms with E-state index < -0.39 is 0 Å². The van der Waals surface area contributed by atoms with E-state index in [2.05, 4.69) is 20.3 Å². The zero-order chi connectivity index (χ0) is 21.4. The van der Waals surface area contributed by atoms with Gasteiger partial charge in [0.05, 0.1) is 24.4 Å². The number of hydrogen-bond donors (Lipinski definition) is 0. The van der Waals surface area contributed by atoms with Crippen LogP contribution in [0.2, 0.25) is 5.02 Å². The van der Waals surface area contributed by atoms with E-state index in [-0.39, 0.29) is 17.6 Å². The first-order valence-corrected chi connectivity index (χ1v) is 9.96. The summed E-state index contributed by atoms with van der Waals surface area (Å²) in [7, 11) is 1.61. The van der Waals surface area contributed by atoms with Gasteiger partial charge in [0.1, 0.15) is 6.33 Å². The number of nitrogens with zero attached hydrogens (tertiary/aromatic N) is 6. The molecule has 3 heterocycles. The van der Waals surface area contributed by atoms with Crippen molar-refractivity contribution in [2.75, 3.05) is 7.11 Å². The highest BCUT2D eigenvalue weighted by Gasteiger charge is 2.20. The normalized spacial score (nSPS) is 11.4. The highest BCUT2D eigenvalue weighted by atomic mass is 35.5. The van der Waals surface area contributed by atoms with E-state index in [4.69, 9.17) is 16.3 Å². The summed E-state index contributed by atoms with van der Waals surface area (Å²) >= 11 is 6.24. The van der Waals surface area contributed by atoms with Crippen molar-refractivity contribution in [3.8, 4) is 11.1 Å². The molecule has 0 fully saturated rings. The summed E-state index contributed by atoms with van der Waals surface area (Å²) < 4.78 is 8.35. The van der Waals surface area contributed by atoms with E-state index >= 15 is 0 Å². The first kappa shape index (κ1) is 19.3. The smallest absolute Gasteiger partial charge is 0.283 e. The van der Waals surface area contributed by atoms with Crippen molar-refractivity contribution < 1.29 is 4.74 Å². The molecule has 0 bridgehead atoms. The van der Waals surface area contributed by atoms with E-state index in [1.165, 1.54) is 10.9 Å². The molecule has 0 aliphatic carbocycles. The van der Waals surface area contributed by atoms with Crippen LogP contribution in [0, 0.1) is 0 Å². The molecule has 0 N–H and O–H groups in total. The highest BCUT2D eigenvalue weighted by Crippen LogP contribution is 2.28. The van der Waals surface area contributed by atoms with Crippen LogP contribution in [0.25, 0.3) is 27.9 Å². The number of fused-ring (bicyclic) bond motifs is 3. The average Bonchev–Trinajstić information content (AvgIpc) is 3.16. The quantitative estimate of drug-likeness (QED) is 0.423. The lowest BCUT2D eigenvalue weighted by atomic mass is 10.1. The molecule has 0 saturated heterocycles. The molecule has 0 unspecified atom stereocenters. The predicted octanol–water partition coefficient (Wildman–Crippen LogP) is 3.35. The number of ether oxygens (including phenoxy) is 1. The van der Waals surface area contributed by atoms with Crippen LogP contribution in [-0.4, -0.2) is 36.5 Å². The summed E-state index contributed by atoms with van der Waals surface area (Å²) in [6.45, 7) is 0.573. The van der Waals surface area contributed by atoms with Gasteiger partial charge in [-0.3, -0.25) is 9.36 Å². The Morgan fingerprint density at radius 3 is 2.55 bits per heavy atom. The molecule has 0 amide bonds. The molecule has 5 rings (SSSR count). The van der Waals surface area contributed by atoms with Gasteiger partial charge in [-0.05, 0) is 17.2 Å². The number of methoxy groups -OCH3 is 1. The van der Waals surface area contributed by atoms with Gasteiger partial charge in [-0.15, -0.1) is 10.2 Å². The van der Waals surface area contributed by atoms with E-state index in [0.29, 0.717) is 28.6 Å². The molecule has 0 radical (unpaired) electrons. The van der Waals surface area contributed by atoms with Crippen LogP contribution in [0.1, 0.15) is 11.3 Å². The third kappa shape index (κ3) is 3.35. The molecule has 2 aromatic carbocycles. The van der Waals surface area contributed by atoms with Crippen LogP contribution in [0.4, 0.5) is 0 Å². The van der Waals surface area contributed by atoms with Gasteiger partial charge in [0.25, 0.3) is 5.56 Å². The van der Waals surface area contributed by atoms with Gasteiger partial charge in [-0.25, -0.2) is 4.98 Å². The third-order valence-electron chi connectivity index (χ3n) is 5.02. The van der Waals surface area contributed by atoms with E-state index in [1.54, 1.807) is 17.7 Å². The Morgan fingerprint density at radius 2 is 1.77 bits per heavy atom. The van der Waals surface area contributed by atoms with Gasteiger partial charge in [0, 0.05) is 12.1 Å². The molecule has 3 aromatic heterocycles. The molecule has 0 atom stereocenters. The van der Waals surface area contributed by atoms with Crippen molar-refractivity contribution in [1.82, 2.24) is 29.4 Å². The van der Waals surface area contributed by atoms with Gasteiger partial charge < -0.3 is 4.74 Å². The van der Waals surface area contributed by atoms with Crippen LogP contribution < -0.4 is 5.56 Å². The molecule has 5 aromatic rings. The van der Waals surface area contributed by atoms with Crippen molar-refractivity contribution in [3.05, 3.63) is 87.6 Å². The Morgan fingerprint density at radius 1 is 1.00 bits per heavy atom. The van der Waals surface area contributed by atoms with Crippen molar-refractivity contribution >= 4 is 28.4 Å². The van der Waals surface area contributed by atoms with E-state index in [1.807, 2.05) is 48.5 Å². The largest absolute Gasteiger partial charge is 0.378 e. The summed E-state index contributed by atoms with van der Waals surface area (Å²) in [5, 5.41) is 13.8. The number of halogens is 1. The fourth-order valence-electron chi connectivity index (χ4n) is 3.56. The minimum atomic E-state index is -0.315. The topological polar surface area (TPSA) is 87.2 Å². The SMILES string of the molecule is COCc1nn2c(nnc3c(=O)n(Cc4ccccc4Cl)cnc32)c1-c1ccccc1. The second-order valence-corrected chi connectivity index (χ2v) is 7.40. The van der Waals surface area contributed by atoms with E-state index in [9.17, 15) is 4.79 Å². The zero-order valence-electron chi connectivity index (χ0n) is 16.6. The Labute approximate surface area is 181 Å². The molecule has 31 heavy (non-hydrogen) atoms. The van der Waals surface area contributed by atoms with Crippen molar-refractivity contribution in [2.45, 2.75) is 13.2 Å². The molecule has 0 saturated carbocycles. The summed E-state index contributed by atoms with van der Waals surface area (Å²) in [5.41, 5.74) is 3.92. The predicted molar refractivity (Wildman–Crippen MR) is 117 cm³/mol. The van der Waals surface area contributed by atoms with Gasteiger partial charge in [-0.2, -0.15) is 9.61 Å². The lowest BCUT2D eigenvalue weighted by Gasteiger charge is -2.08. The molecule has 9 heteroatoms. The molecular weight excluding hydrogens is 416 g/mol. The second kappa shape index (κ2) is 7.90. The minimum Gasteiger partial charge on any atom is -0.378 e. The number of rotatable bonds is 5. The fraction of sp³-hybridized carbons (Fsp3) is 0.136. The van der Waals surface area contributed by atoms with Crippen LogP contribution in [-0.2, 0) is 17.9 Å². The Balaban J connectivity index is 1.70. The van der Waals surface area contributed by atoms with Gasteiger partial charge in [0.15, 0.2) is 16.8 Å². The van der Waals surface area contributed by atoms with Gasteiger partial charge >= 0.3 is 0 Å². The number of aromatic nitrogens is 6. The van der Waals surface area contributed by atoms with Crippen molar-refractivity contribution in [2.24, 2.45) is 0 Å². The molecule has 0 aliphatic rings. The number of benzene rings is 2. The molecular formula is C22H17ClN6O2. The molecule has 0 aliphatic heterocycles. The lowest BCUT2D eigenvalue weighted by Crippen LogP contribution is -2.23. The second-order valence-electron chi connectivity index (χ2n) is 7.00. The van der Waals surface area contributed by atoms with Crippen molar-refractivity contribution in [1.29, 1.82) is 0 Å². The maximum absolute atomic E-state index is 13.1. The van der Waals surface area contributed by atoms with Crippen LogP contribution in [0.5, 0.6) is 0 Å². The Bertz CT molecular complexity index is 1460. The van der Waals surface area contributed by atoms with Crippen LogP contribution in [0.3, 0.4) is 0 Å². The molecule has 0 spiro atoms. The maximum atomic E-state index is 13.1. The Kier molecular flexibility index (Phi) is 4.93. The Hall–Kier alpha value is -3.62. The zero-order valence-corrected chi connectivity index (χ0v) is 17.3. The summed E-state index contributed by atoms with van der Waals surface area (Å²) in [5.74, 6) is 0. The summed E-state index contributed by atoms with van der Waals surface area (Å²) in [6.07, 6.45) is 1.48. The van der Waals surface area contributed by atoms with E-state index in [0.717, 1.165) is 16.7 Å². The minimum absolute atomic E-state index is 0.133.